The summed E-state index contributed by atoms with van der Waals surface area (Å²) in [6, 6.07) is 7.58. The Morgan fingerprint density at radius 3 is 2.40 bits per heavy atom. The molecule has 9 heteroatoms. The highest BCUT2D eigenvalue weighted by molar-refractivity contribution is 6.34. The number of nitrogens with zero attached hydrogens (tertiary/aromatic N) is 5. The molecule has 150 valence electrons. The van der Waals surface area contributed by atoms with Crippen molar-refractivity contribution in [3.63, 3.8) is 0 Å². The van der Waals surface area contributed by atoms with E-state index >= 15 is 0 Å². The maximum Gasteiger partial charge on any atom is 0.148 e. The smallest absolute Gasteiger partial charge is 0.148 e. The third kappa shape index (κ3) is 3.39. The van der Waals surface area contributed by atoms with E-state index in [-0.39, 0.29) is 11.3 Å². The molecule has 0 saturated heterocycles. The Hall–Kier alpha value is -3.39. The number of anilines is 1. The van der Waals surface area contributed by atoms with Crippen LogP contribution in [-0.4, -0.2) is 25.0 Å². The van der Waals surface area contributed by atoms with Gasteiger partial charge >= 0.3 is 0 Å². The Bertz CT molecular complexity index is 1260. The summed E-state index contributed by atoms with van der Waals surface area (Å²) in [5, 5.41) is 12.2. The summed E-state index contributed by atoms with van der Waals surface area (Å²) < 4.78 is 27.8. The quantitative estimate of drug-likeness (QED) is 0.474. The van der Waals surface area contributed by atoms with E-state index in [9.17, 15) is 8.78 Å². The minimum absolute atomic E-state index is 0.0452. The first-order valence-corrected chi connectivity index (χ1v) is 9.66. The molecule has 4 aromatic rings. The Kier molecular flexibility index (Phi) is 4.43. The van der Waals surface area contributed by atoms with E-state index in [1.165, 1.54) is 18.5 Å². The van der Waals surface area contributed by atoms with Crippen LogP contribution in [0.2, 0.25) is 5.02 Å². The monoisotopic (exact) mass is 424 g/mol. The van der Waals surface area contributed by atoms with Gasteiger partial charge in [-0.3, -0.25) is 4.98 Å². The third-order valence-electron chi connectivity index (χ3n) is 4.83. The maximum absolute atomic E-state index is 13.9. The SMILES string of the molecule is C=C(Nc1cnc(-c2cc3nn(C4CC4)nc3cc2Cl)cn1)c1c(F)cccc1F. The lowest BCUT2D eigenvalue weighted by atomic mass is 10.1. The molecule has 0 radical (unpaired) electrons. The van der Waals surface area contributed by atoms with Gasteiger partial charge in [0.1, 0.15) is 28.5 Å². The number of fused-ring (bicyclic) bond motifs is 1. The number of aromatic nitrogens is 5. The molecule has 0 atom stereocenters. The van der Waals surface area contributed by atoms with Gasteiger partial charge in [0.25, 0.3) is 0 Å². The van der Waals surface area contributed by atoms with Crippen LogP contribution < -0.4 is 5.32 Å². The zero-order chi connectivity index (χ0) is 20.8. The average molecular weight is 425 g/mol. The van der Waals surface area contributed by atoms with Crippen molar-refractivity contribution in [3.8, 4) is 11.3 Å². The van der Waals surface area contributed by atoms with Crippen LogP contribution in [-0.2, 0) is 0 Å². The summed E-state index contributed by atoms with van der Waals surface area (Å²) in [4.78, 5) is 10.4. The Morgan fingerprint density at radius 1 is 1.07 bits per heavy atom. The summed E-state index contributed by atoms with van der Waals surface area (Å²) >= 11 is 6.42. The molecule has 2 aromatic carbocycles. The van der Waals surface area contributed by atoms with E-state index in [0.29, 0.717) is 28.1 Å². The fourth-order valence-corrected chi connectivity index (χ4v) is 3.41. The summed E-state index contributed by atoms with van der Waals surface area (Å²) in [6.07, 6.45) is 5.14. The minimum Gasteiger partial charge on any atom is -0.339 e. The number of nitrogens with one attached hydrogen (secondary N) is 1. The van der Waals surface area contributed by atoms with Crippen LogP contribution in [0.25, 0.3) is 28.0 Å². The van der Waals surface area contributed by atoms with Crippen molar-refractivity contribution in [1.29, 1.82) is 0 Å². The molecule has 2 heterocycles. The third-order valence-corrected chi connectivity index (χ3v) is 5.14. The van der Waals surface area contributed by atoms with E-state index in [0.717, 1.165) is 36.0 Å². The first kappa shape index (κ1) is 18.6. The fraction of sp³-hybridized carbons (Fsp3) is 0.143. The van der Waals surface area contributed by atoms with E-state index < -0.39 is 11.6 Å². The molecule has 1 saturated carbocycles. The number of rotatable bonds is 5. The number of hydrogen-bond donors (Lipinski definition) is 1. The Labute approximate surface area is 175 Å². The van der Waals surface area contributed by atoms with E-state index in [4.69, 9.17) is 11.6 Å². The number of hydrogen-bond acceptors (Lipinski definition) is 5. The molecule has 30 heavy (non-hydrogen) atoms. The first-order chi connectivity index (χ1) is 14.5. The van der Waals surface area contributed by atoms with Crippen molar-refractivity contribution in [2.24, 2.45) is 0 Å². The lowest BCUT2D eigenvalue weighted by Gasteiger charge is -2.11. The van der Waals surface area contributed by atoms with Gasteiger partial charge in [-0.05, 0) is 37.1 Å². The second-order valence-corrected chi connectivity index (χ2v) is 7.47. The molecule has 1 aliphatic rings. The second-order valence-electron chi connectivity index (χ2n) is 7.06. The predicted octanol–water partition coefficient (Wildman–Crippen LogP) is 5.24. The van der Waals surface area contributed by atoms with E-state index in [2.05, 4.69) is 32.1 Å². The van der Waals surface area contributed by atoms with Gasteiger partial charge in [-0.2, -0.15) is 15.0 Å². The van der Waals surface area contributed by atoms with Crippen LogP contribution >= 0.6 is 11.6 Å². The van der Waals surface area contributed by atoms with Crippen molar-refractivity contribution < 1.29 is 8.78 Å². The van der Waals surface area contributed by atoms with Crippen molar-refractivity contribution >= 4 is 34.1 Å². The molecule has 1 fully saturated rings. The molecule has 0 unspecified atom stereocenters. The van der Waals surface area contributed by atoms with Gasteiger partial charge in [0.15, 0.2) is 0 Å². The maximum atomic E-state index is 13.9. The van der Waals surface area contributed by atoms with Gasteiger partial charge in [-0.15, -0.1) is 0 Å². The van der Waals surface area contributed by atoms with Gasteiger partial charge in [-0.1, -0.05) is 24.2 Å². The fourth-order valence-electron chi connectivity index (χ4n) is 3.15. The summed E-state index contributed by atoms with van der Waals surface area (Å²) in [5.74, 6) is -1.13. The zero-order valence-electron chi connectivity index (χ0n) is 15.6. The van der Waals surface area contributed by atoms with Crippen LogP contribution in [0.15, 0.2) is 49.3 Å². The predicted molar refractivity (Wildman–Crippen MR) is 111 cm³/mol. The molecule has 0 bridgehead atoms. The largest absolute Gasteiger partial charge is 0.339 e. The highest BCUT2D eigenvalue weighted by Gasteiger charge is 2.26. The minimum atomic E-state index is -0.712. The molecule has 0 amide bonds. The van der Waals surface area contributed by atoms with Crippen molar-refractivity contribution in [2.75, 3.05) is 5.32 Å². The summed E-state index contributed by atoms with van der Waals surface area (Å²) in [7, 11) is 0. The molecule has 1 N–H and O–H groups in total. The van der Waals surface area contributed by atoms with Crippen LogP contribution in [0.1, 0.15) is 24.4 Å². The van der Waals surface area contributed by atoms with Gasteiger partial charge in [0.2, 0.25) is 0 Å². The highest BCUT2D eigenvalue weighted by Crippen LogP contribution is 2.35. The molecule has 2 aromatic heterocycles. The highest BCUT2D eigenvalue weighted by atomic mass is 35.5. The van der Waals surface area contributed by atoms with Crippen LogP contribution in [0.4, 0.5) is 14.6 Å². The van der Waals surface area contributed by atoms with Crippen LogP contribution in [0, 0.1) is 11.6 Å². The van der Waals surface area contributed by atoms with E-state index in [1.54, 1.807) is 10.9 Å². The molecule has 5 rings (SSSR count). The molecular formula is C21H15ClF2N6. The normalized spacial score (nSPS) is 13.6. The van der Waals surface area contributed by atoms with Gasteiger partial charge in [-0.25, -0.2) is 13.8 Å². The lowest BCUT2D eigenvalue weighted by molar-refractivity contribution is 0.562. The summed E-state index contributed by atoms with van der Waals surface area (Å²) in [6.45, 7) is 3.69. The molecule has 6 nitrogen and oxygen atoms in total. The van der Waals surface area contributed by atoms with Gasteiger partial charge in [0.05, 0.1) is 34.7 Å². The van der Waals surface area contributed by atoms with Gasteiger partial charge < -0.3 is 5.32 Å². The van der Waals surface area contributed by atoms with Crippen LogP contribution in [0.5, 0.6) is 0 Å². The summed E-state index contributed by atoms with van der Waals surface area (Å²) in [5.41, 5.74) is 2.47. The lowest BCUT2D eigenvalue weighted by Crippen LogP contribution is -2.04. The second kappa shape index (κ2) is 7.14. The van der Waals surface area contributed by atoms with Crippen LogP contribution in [0.3, 0.4) is 0 Å². The first-order valence-electron chi connectivity index (χ1n) is 9.28. The molecule has 1 aliphatic carbocycles. The molecule has 0 spiro atoms. The Balaban J connectivity index is 1.41. The van der Waals surface area contributed by atoms with Crippen molar-refractivity contribution in [1.82, 2.24) is 25.0 Å². The number of benzene rings is 2. The van der Waals surface area contributed by atoms with Crippen molar-refractivity contribution in [3.05, 3.63) is 71.5 Å². The standard InChI is InChI=1S/C21H15ClF2N6/c1-11(21-15(23)3-2-4-16(21)24)27-20-10-25-19(9-26-20)13-7-17-18(8-14(13)22)29-30(28-17)12-5-6-12/h2-4,7-10,12H,1,5-6H2,(H,26,27). The molecular weight excluding hydrogens is 410 g/mol. The van der Waals surface area contributed by atoms with E-state index in [1.807, 2.05) is 6.07 Å². The molecule has 0 aliphatic heterocycles. The zero-order valence-corrected chi connectivity index (χ0v) is 16.4. The van der Waals surface area contributed by atoms with Gasteiger partial charge in [0, 0.05) is 11.3 Å². The number of halogens is 3. The topological polar surface area (TPSA) is 68.5 Å². The Morgan fingerprint density at radius 2 is 1.77 bits per heavy atom. The van der Waals surface area contributed by atoms with Crippen molar-refractivity contribution in [2.45, 2.75) is 18.9 Å². The average Bonchev–Trinajstić information content (AvgIpc) is 3.48.